The van der Waals surface area contributed by atoms with Crippen LogP contribution in [0.15, 0.2) is 0 Å². The number of alkyl halides is 2. The van der Waals surface area contributed by atoms with Crippen LogP contribution in [0.1, 0.15) is 20.8 Å². The fourth-order valence-electron chi connectivity index (χ4n) is 1.14. The molecule has 0 fully saturated rings. The van der Waals surface area contributed by atoms with Gasteiger partial charge in [-0.05, 0) is 19.4 Å². The topological polar surface area (TPSA) is 29.3 Å². The molecule has 4 heteroatoms. The zero-order valence-electron chi connectivity index (χ0n) is 8.85. The average molecular weight is 194 g/mol. The molecule has 0 heterocycles. The third-order valence-electron chi connectivity index (χ3n) is 2.36. The number of hydrogen-bond donors (Lipinski definition) is 1. The van der Waals surface area contributed by atoms with Crippen molar-refractivity contribution in [3.63, 3.8) is 0 Å². The highest BCUT2D eigenvalue weighted by molar-refractivity contribution is 4.80. The van der Waals surface area contributed by atoms with Crippen LogP contribution in [0.25, 0.3) is 0 Å². The Morgan fingerprint density at radius 1 is 1.38 bits per heavy atom. The number of nitrogens with two attached hydrogens (primary N) is 1. The van der Waals surface area contributed by atoms with Crippen LogP contribution in [0.2, 0.25) is 0 Å². The summed E-state index contributed by atoms with van der Waals surface area (Å²) in [6.45, 7) is 6.28. The highest BCUT2D eigenvalue weighted by Crippen LogP contribution is 2.20. The van der Waals surface area contributed by atoms with Gasteiger partial charge in [0.05, 0.1) is 6.54 Å². The van der Waals surface area contributed by atoms with Crippen molar-refractivity contribution in [1.29, 1.82) is 0 Å². The van der Waals surface area contributed by atoms with Gasteiger partial charge in [0.1, 0.15) is 0 Å². The Bertz CT molecular complexity index is 147. The van der Waals surface area contributed by atoms with E-state index in [1.165, 1.54) is 0 Å². The molecule has 0 aromatic carbocycles. The van der Waals surface area contributed by atoms with E-state index in [4.69, 9.17) is 5.73 Å². The quantitative estimate of drug-likeness (QED) is 0.719. The van der Waals surface area contributed by atoms with Crippen molar-refractivity contribution >= 4 is 0 Å². The minimum atomic E-state index is -2.27. The van der Waals surface area contributed by atoms with Gasteiger partial charge in [-0.1, -0.05) is 13.8 Å². The van der Waals surface area contributed by atoms with Crippen LogP contribution in [0.3, 0.4) is 0 Å². The number of nitrogens with zero attached hydrogens (tertiary/aromatic N) is 1. The largest absolute Gasteiger partial charge is 0.327 e. The fourth-order valence-corrected chi connectivity index (χ4v) is 1.14. The first-order valence-electron chi connectivity index (χ1n) is 4.48. The van der Waals surface area contributed by atoms with Crippen LogP contribution < -0.4 is 5.73 Å². The van der Waals surface area contributed by atoms with E-state index in [9.17, 15) is 8.78 Å². The summed E-state index contributed by atoms with van der Waals surface area (Å²) in [5.41, 5.74) is 5.61. The summed E-state index contributed by atoms with van der Waals surface area (Å²) in [5, 5.41) is 0. The Hall–Kier alpha value is -0.220. The summed E-state index contributed by atoms with van der Waals surface area (Å²) in [6.07, 6.45) is -2.27. The maximum absolute atomic E-state index is 12.0. The van der Waals surface area contributed by atoms with Crippen molar-refractivity contribution in [1.82, 2.24) is 4.90 Å². The van der Waals surface area contributed by atoms with Gasteiger partial charge in [0.2, 0.25) is 0 Å². The molecule has 2 N–H and O–H groups in total. The first-order chi connectivity index (χ1) is 5.75. The van der Waals surface area contributed by atoms with Crippen molar-refractivity contribution in [2.45, 2.75) is 33.2 Å². The normalized spacial score (nSPS) is 15.5. The molecule has 0 saturated carbocycles. The summed E-state index contributed by atoms with van der Waals surface area (Å²) in [7, 11) is 1.69. The minimum absolute atomic E-state index is 0.00706. The lowest BCUT2D eigenvalue weighted by Crippen LogP contribution is -2.44. The van der Waals surface area contributed by atoms with Crippen molar-refractivity contribution in [3.05, 3.63) is 0 Å². The van der Waals surface area contributed by atoms with E-state index in [-0.39, 0.29) is 18.0 Å². The van der Waals surface area contributed by atoms with Gasteiger partial charge in [0, 0.05) is 12.6 Å². The molecule has 13 heavy (non-hydrogen) atoms. The van der Waals surface area contributed by atoms with E-state index in [0.29, 0.717) is 6.54 Å². The molecule has 0 aromatic heterocycles. The molecular weight excluding hydrogens is 174 g/mol. The van der Waals surface area contributed by atoms with Crippen LogP contribution in [0, 0.1) is 5.41 Å². The van der Waals surface area contributed by atoms with Crippen molar-refractivity contribution < 1.29 is 8.78 Å². The molecule has 0 spiro atoms. The van der Waals surface area contributed by atoms with Gasteiger partial charge in [-0.15, -0.1) is 0 Å². The summed E-state index contributed by atoms with van der Waals surface area (Å²) >= 11 is 0. The van der Waals surface area contributed by atoms with Gasteiger partial charge in [0.25, 0.3) is 6.43 Å². The molecule has 2 nitrogen and oxygen atoms in total. The van der Waals surface area contributed by atoms with Crippen molar-refractivity contribution in [3.8, 4) is 0 Å². The van der Waals surface area contributed by atoms with Gasteiger partial charge in [-0.25, -0.2) is 8.78 Å². The van der Waals surface area contributed by atoms with Crippen LogP contribution in [-0.4, -0.2) is 37.5 Å². The molecule has 1 atom stereocenters. The Morgan fingerprint density at radius 3 is 2.15 bits per heavy atom. The van der Waals surface area contributed by atoms with Crippen LogP contribution in [0.5, 0.6) is 0 Å². The maximum Gasteiger partial charge on any atom is 0.251 e. The molecule has 0 amide bonds. The number of rotatable bonds is 5. The standard InChI is InChI=1S/C9H20F2N2/c1-7(12)9(2,3)6-13(4)5-8(10)11/h7-8H,5-6,12H2,1-4H3. The highest BCUT2D eigenvalue weighted by Gasteiger charge is 2.25. The first kappa shape index (κ1) is 12.8. The summed E-state index contributed by atoms with van der Waals surface area (Å²) in [5.74, 6) is 0. The third-order valence-corrected chi connectivity index (χ3v) is 2.36. The Labute approximate surface area is 79.1 Å². The molecule has 0 radical (unpaired) electrons. The van der Waals surface area contributed by atoms with E-state index in [0.717, 1.165) is 0 Å². The van der Waals surface area contributed by atoms with Crippen LogP contribution >= 0.6 is 0 Å². The molecule has 0 saturated heterocycles. The van der Waals surface area contributed by atoms with Gasteiger partial charge in [0.15, 0.2) is 0 Å². The Balaban J connectivity index is 3.96. The van der Waals surface area contributed by atoms with Crippen molar-refractivity contribution in [2.24, 2.45) is 11.1 Å². The predicted octanol–water partition coefficient (Wildman–Crippen LogP) is 1.56. The zero-order valence-corrected chi connectivity index (χ0v) is 8.85. The van der Waals surface area contributed by atoms with E-state index in [1.807, 2.05) is 20.8 Å². The second-order valence-electron chi connectivity index (χ2n) is 4.37. The Kier molecular flexibility index (Phi) is 4.78. The zero-order chi connectivity index (χ0) is 10.6. The predicted molar refractivity (Wildman–Crippen MR) is 50.9 cm³/mol. The molecule has 0 aliphatic heterocycles. The number of halogens is 2. The van der Waals surface area contributed by atoms with E-state index in [2.05, 4.69) is 0 Å². The van der Waals surface area contributed by atoms with E-state index >= 15 is 0 Å². The highest BCUT2D eigenvalue weighted by atomic mass is 19.3. The second kappa shape index (κ2) is 4.86. The van der Waals surface area contributed by atoms with Crippen LogP contribution in [-0.2, 0) is 0 Å². The van der Waals surface area contributed by atoms with E-state index in [1.54, 1.807) is 11.9 Å². The van der Waals surface area contributed by atoms with Gasteiger partial charge >= 0.3 is 0 Å². The van der Waals surface area contributed by atoms with Gasteiger partial charge in [-0.3, -0.25) is 0 Å². The maximum atomic E-state index is 12.0. The van der Waals surface area contributed by atoms with Crippen LogP contribution in [0.4, 0.5) is 8.78 Å². The summed E-state index contributed by atoms with van der Waals surface area (Å²) in [4.78, 5) is 1.62. The molecule has 0 aliphatic rings. The monoisotopic (exact) mass is 194 g/mol. The third kappa shape index (κ3) is 5.16. The van der Waals surface area contributed by atoms with E-state index < -0.39 is 6.43 Å². The fraction of sp³-hybridized carbons (Fsp3) is 1.00. The summed E-state index contributed by atoms with van der Waals surface area (Å²) in [6, 6.07) is 0.00706. The SMILES string of the molecule is CC(N)C(C)(C)CN(C)CC(F)F. The molecule has 1 unspecified atom stereocenters. The lowest BCUT2D eigenvalue weighted by atomic mass is 9.85. The van der Waals surface area contributed by atoms with Gasteiger partial charge in [-0.2, -0.15) is 0 Å². The molecular formula is C9H20F2N2. The average Bonchev–Trinajstić information content (AvgIpc) is 1.82. The first-order valence-corrected chi connectivity index (χ1v) is 4.48. The number of hydrogen-bond acceptors (Lipinski definition) is 2. The smallest absolute Gasteiger partial charge is 0.251 e. The molecule has 0 bridgehead atoms. The lowest BCUT2D eigenvalue weighted by molar-refractivity contribution is 0.0779. The lowest BCUT2D eigenvalue weighted by Gasteiger charge is -2.33. The molecule has 80 valence electrons. The minimum Gasteiger partial charge on any atom is -0.327 e. The summed E-state index contributed by atoms with van der Waals surface area (Å²) < 4.78 is 24.0. The second-order valence-corrected chi connectivity index (χ2v) is 4.37. The van der Waals surface area contributed by atoms with Gasteiger partial charge < -0.3 is 10.6 Å². The molecule has 0 rings (SSSR count). The molecule has 0 aromatic rings. The molecule has 0 aliphatic carbocycles. The Morgan fingerprint density at radius 2 is 1.85 bits per heavy atom. The van der Waals surface area contributed by atoms with Crippen molar-refractivity contribution in [2.75, 3.05) is 20.1 Å².